The van der Waals surface area contributed by atoms with Gasteiger partial charge in [0.25, 0.3) is 11.2 Å². The largest absolute Gasteiger partial charge is 0.455 e. The number of aromatic nitrogens is 4. The summed E-state index contributed by atoms with van der Waals surface area (Å²) >= 11 is 0. The maximum absolute atomic E-state index is 13.0. The van der Waals surface area contributed by atoms with Gasteiger partial charge in [0.15, 0.2) is 11.4 Å². The number of rotatable bonds is 7. The molecule has 5 aromatic rings. The quantitative estimate of drug-likeness (QED) is 0.274. The van der Waals surface area contributed by atoms with Gasteiger partial charge in [0, 0.05) is 6.07 Å². The SMILES string of the molecule is O=C(Cn1cnc2c(cnn2-c2ccccc2[N+](=O)[O-])c1=O)Nc1ccccc1Oc1ccccc1. The molecule has 0 aliphatic heterocycles. The summed E-state index contributed by atoms with van der Waals surface area (Å²) in [5.41, 5.74) is 0.0816. The molecule has 0 spiro atoms. The highest BCUT2D eigenvalue weighted by atomic mass is 16.6. The van der Waals surface area contributed by atoms with E-state index in [9.17, 15) is 19.7 Å². The third kappa shape index (κ3) is 4.40. The minimum atomic E-state index is -0.534. The number of ether oxygens (including phenoxy) is 1. The van der Waals surface area contributed by atoms with Gasteiger partial charge in [-0.2, -0.15) is 5.10 Å². The Morgan fingerprint density at radius 1 is 1.00 bits per heavy atom. The van der Waals surface area contributed by atoms with E-state index in [1.165, 1.54) is 35.4 Å². The van der Waals surface area contributed by atoms with Gasteiger partial charge < -0.3 is 10.1 Å². The van der Waals surface area contributed by atoms with Crippen molar-refractivity contribution in [1.29, 1.82) is 0 Å². The molecule has 11 heteroatoms. The van der Waals surface area contributed by atoms with Crippen molar-refractivity contribution < 1.29 is 14.5 Å². The van der Waals surface area contributed by atoms with E-state index in [4.69, 9.17) is 4.74 Å². The van der Waals surface area contributed by atoms with Crippen molar-refractivity contribution in [2.75, 3.05) is 5.32 Å². The van der Waals surface area contributed by atoms with Gasteiger partial charge in [-0.25, -0.2) is 9.67 Å². The van der Waals surface area contributed by atoms with Crippen LogP contribution in [0, 0.1) is 10.1 Å². The zero-order valence-electron chi connectivity index (χ0n) is 18.6. The molecule has 0 unspecified atom stereocenters. The van der Waals surface area contributed by atoms with E-state index in [0.29, 0.717) is 17.2 Å². The zero-order valence-corrected chi connectivity index (χ0v) is 18.6. The Labute approximate surface area is 203 Å². The normalized spacial score (nSPS) is 10.8. The molecule has 1 amide bonds. The van der Waals surface area contributed by atoms with Crippen molar-refractivity contribution in [3.63, 3.8) is 0 Å². The van der Waals surface area contributed by atoms with E-state index >= 15 is 0 Å². The maximum Gasteiger partial charge on any atom is 0.294 e. The molecule has 0 saturated heterocycles. The lowest BCUT2D eigenvalue weighted by atomic mass is 10.2. The van der Waals surface area contributed by atoms with Crippen molar-refractivity contribution >= 4 is 28.3 Å². The van der Waals surface area contributed by atoms with Crippen LogP contribution in [0.2, 0.25) is 0 Å². The van der Waals surface area contributed by atoms with Gasteiger partial charge in [-0.1, -0.05) is 42.5 Å². The van der Waals surface area contributed by atoms with Crippen molar-refractivity contribution in [3.8, 4) is 17.2 Å². The van der Waals surface area contributed by atoms with Crippen LogP contribution in [-0.2, 0) is 11.3 Å². The molecule has 0 saturated carbocycles. The van der Waals surface area contributed by atoms with E-state index in [1.807, 2.05) is 18.2 Å². The Morgan fingerprint density at radius 2 is 1.72 bits per heavy atom. The molecule has 2 aromatic heterocycles. The highest BCUT2D eigenvalue weighted by molar-refractivity contribution is 5.92. The Hall–Kier alpha value is -5.32. The van der Waals surface area contributed by atoms with E-state index in [0.717, 1.165) is 4.57 Å². The summed E-state index contributed by atoms with van der Waals surface area (Å²) in [5, 5.41) is 18.4. The molecule has 0 fully saturated rings. The van der Waals surface area contributed by atoms with Gasteiger partial charge in [-0.05, 0) is 30.3 Å². The summed E-state index contributed by atoms with van der Waals surface area (Å²) in [7, 11) is 0. The predicted octanol–water partition coefficient (Wildman–Crippen LogP) is 3.92. The van der Waals surface area contributed by atoms with Gasteiger partial charge in [-0.15, -0.1) is 0 Å². The zero-order chi connectivity index (χ0) is 25.1. The number of amides is 1. The second-order valence-corrected chi connectivity index (χ2v) is 7.68. The predicted molar refractivity (Wildman–Crippen MR) is 131 cm³/mol. The standard InChI is InChI=1S/C25H18N6O5/c32-23(28-19-10-4-7-13-22(19)36-17-8-2-1-3-9-17)15-29-16-26-24-18(25(29)33)14-27-30(24)20-11-5-6-12-21(20)31(34)35/h1-14,16H,15H2,(H,28,32). The Balaban J connectivity index is 1.39. The Bertz CT molecular complexity index is 1640. The van der Waals surface area contributed by atoms with Crippen LogP contribution >= 0.6 is 0 Å². The lowest BCUT2D eigenvalue weighted by Crippen LogP contribution is -2.28. The van der Waals surface area contributed by atoms with Gasteiger partial charge in [-0.3, -0.25) is 24.3 Å². The summed E-state index contributed by atoms with van der Waals surface area (Å²) in [6, 6.07) is 22.1. The van der Waals surface area contributed by atoms with Gasteiger partial charge >= 0.3 is 0 Å². The minimum Gasteiger partial charge on any atom is -0.455 e. The monoisotopic (exact) mass is 482 g/mol. The van der Waals surface area contributed by atoms with Crippen LogP contribution in [0.15, 0.2) is 96.2 Å². The van der Waals surface area contributed by atoms with Crippen molar-refractivity contribution in [3.05, 3.63) is 112 Å². The number of nitrogens with zero attached hydrogens (tertiary/aromatic N) is 5. The third-order valence-electron chi connectivity index (χ3n) is 5.31. The van der Waals surface area contributed by atoms with Crippen molar-refractivity contribution in [2.24, 2.45) is 0 Å². The Morgan fingerprint density at radius 3 is 2.53 bits per heavy atom. The van der Waals surface area contributed by atoms with Crippen LogP contribution in [0.3, 0.4) is 0 Å². The number of nitro benzene ring substituents is 1. The number of anilines is 1. The number of hydrogen-bond donors (Lipinski definition) is 1. The molecule has 11 nitrogen and oxygen atoms in total. The fourth-order valence-corrected chi connectivity index (χ4v) is 3.65. The molecule has 0 radical (unpaired) electrons. The van der Waals surface area contributed by atoms with E-state index in [1.54, 1.807) is 42.5 Å². The van der Waals surface area contributed by atoms with Crippen LogP contribution in [-0.4, -0.2) is 30.2 Å². The highest BCUT2D eigenvalue weighted by Crippen LogP contribution is 2.29. The number of nitro groups is 1. The lowest BCUT2D eigenvalue weighted by Gasteiger charge is -2.12. The second kappa shape index (κ2) is 9.50. The molecular weight excluding hydrogens is 464 g/mol. The molecule has 1 N–H and O–H groups in total. The number of fused-ring (bicyclic) bond motifs is 1. The van der Waals surface area contributed by atoms with Crippen LogP contribution in [0.4, 0.5) is 11.4 Å². The summed E-state index contributed by atoms with van der Waals surface area (Å²) < 4.78 is 8.23. The number of nitrogens with one attached hydrogen (secondary N) is 1. The molecular formula is C25H18N6O5. The van der Waals surface area contributed by atoms with Crippen molar-refractivity contribution in [2.45, 2.75) is 6.54 Å². The lowest BCUT2D eigenvalue weighted by molar-refractivity contribution is -0.384. The van der Waals surface area contributed by atoms with E-state index in [-0.39, 0.29) is 29.0 Å². The number of carbonyl (C=O) groups excluding carboxylic acids is 1. The van der Waals surface area contributed by atoms with Gasteiger partial charge in [0.05, 0.1) is 16.8 Å². The molecule has 0 bridgehead atoms. The molecule has 0 aliphatic carbocycles. The maximum atomic E-state index is 13.0. The summed E-state index contributed by atoms with van der Waals surface area (Å²) in [6.45, 7) is -0.307. The smallest absolute Gasteiger partial charge is 0.294 e. The first-order chi connectivity index (χ1) is 17.5. The van der Waals surface area contributed by atoms with Gasteiger partial charge in [0.1, 0.15) is 29.7 Å². The molecule has 0 atom stereocenters. The summed E-state index contributed by atoms with van der Waals surface area (Å²) in [4.78, 5) is 40.9. The average Bonchev–Trinajstić information content (AvgIpc) is 3.32. The minimum absolute atomic E-state index is 0.122. The number of hydrogen-bond acceptors (Lipinski definition) is 7. The number of benzene rings is 3. The molecule has 0 aliphatic rings. The van der Waals surface area contributed by atoms with Crippen LogP contribution < -0.4 is 15.6 Å². The second-order valence-electron chi connectivity index (χ2n) is 7.68. The van der Waals surface area contributed by atoms with Crippen LogP contribution in [0.5, 0.6) is 11.5 Å². The van der Waals surface area contributed by atoms with Gasteiger partial charge in [0.2, 0.25) is 5.91 Å². The van der Waals surface area contributed by atoms with Crippen LogP contribution in [0.25, 0.3) is 16.7 Å². The number of carbonyl (C=O) groups is 1. The fourth-order valence-electron chi connectivity index (χ4n) is 3.65. The Kier molecular flexibility index (Phi) is 5.93. The first-order valence-electron chi connectivity index (χ1n) is 10.8. The molecule has 3 aromatic carbocycles. The van der Waals surface area contributed by atoms with Crippen LogP contribution in [0.1, 0.15) is 0 Å². The average molecular weight is 482 g/mol. The van der Waals surface area contributed by atoms with E-state index in [2.05, 4.69) is 15.4 Å². The molecule has 36 heavy (non-hydrogen) atoms. The first-order valence-corrected chi connectivity index (χ1v) is 10.8. The fraction of sp³-hybridized carbons (Fsp3) is 0.0400. The number of para-hydroxylation sites is 5. The molecule has 2 heterocycles. The third-order valence-corrected chi connectivity index (χ3v) is 5.31. The summed E-state index contributed by atoms with van der Waals surface area (Å²) in [5.74, 6) is 0.595. The van der Waals surface area contributed by atoms with Crippen molar-refractivity contribution in [1.82, 2.24) is 19.3 Å². The molecule has 5 rings (SSSR count). The van der Waals surface area contributed by atoms with E-state index < -0.39 is 16.4 Å². The highest BCUT2D eigenvalue weighted by Gasteiger charge is 2.19. The molecule has 178 valence electrons. The summed E-state index contributed by atoms with van der Waals surface area (Å²) in [6.07, 6.45) is 2.49. The first kappa shape index (κ1) is 22.5. The topological polar surface area (TPSA) is 134 Å².